The summed E-state index contributed by atoms with van der Waals surface area (Å²) in [5.74, 6) is -0.414. The van der Waals surface area contributed by atoms with Crippen LogP contribution in [0.3, 0.4) is 0 Å². The number of likely N-dealkylation sites (N-methyl/N-ethyl adjacent to an activating group) is 1. The highest BCUT2D eigenvalue weighted by molar-refractivity contribution is 7.18. The predicted octanol–water partition coefficient (Wildman–Crippen LogP) is 2.54. The lowest BCUT2D eigenvalue weighted by Gasteiger charge is -2.25. The molecule has 0 bridgehead atoms. The van der Waals surface area contributed by atoms with Gasteiger partial charge in [0.25, 0.3) is 5.91 Å². The number of aromatic nitrogens is 1. The molecule has 1 saturated heterocycles. The lowest BCUT2D eigenvalue weighted by Crippen LogP contribution is -2.47. The first kappa shape index (κ1) is 17.9. The quantitative estimate of drug-likeness (QED) is 0.801. The molecule has 2 fully saturated rings. The zero-order valence-electron chi connectivity index (χ0n) is 15.6. The molecule has 0 spiro atoms. The minimum Gasteiger partial charge on any atom is -0.335 e. The number of imide groups is 1. The zero-order valence-corrected chi connectivity index (χ0v) is 16.4. The average molecular weight is 386 g/mol. The Hall–Kier alpha value is -2.48. The summed E-state index contributed by atoms with van der Waals surface area (Å²) in [6, 6.07) is 7.10. The number of nitrogens with one attached hydrogen (secondary N) is 1. The lowest BCUT2D eigenvalue weighted by molar-refractivity contribution is -0.139. The smallest absolute Gasteiger partial charge is 0.325 e. The van der Waals surface area contributed by atoms with Gasteiger partial charge in [-0.1, -0.05) is 12.1 Å². The van der Waals surface area contributed by atoms with Crippen LogP contribution in [0.4, 0.5) is 4.79 Å². The molecular formula is C19H22N4O3S. The highest BCUT2D eigenvalue weighted by atomic mass is 32.1. The number of nitrogens with zero attached hydrogens (tertiary/aromatic N) is 3. The van der Waals surface area contributed by atoms with Crippen LogP contribution in [0.25, 0.3) is 10.2 Å². The fourth-order valence-corrected chi connectivity index (χ4v) is 4.56. The van der Waals surface area contributed by atoms with Crippen molar-refractivity contribution in [3.05, 3.63) is 29.3 Å². The Morgan fingerprint density at radius 1 is 1.41 bits per heavy atom. The Balaban J connectivity index is 1.47. The van der Waals surface area contributed by atoms with Crippen molar-refractivity contribution in [3.63, 3.8) is 0 Å². The van der Waals surface area contributed by atoms with Crippen molar-refractivity contribution < 1.29 is 14.4 Å². The van der Waals surface area contributed by atoms with E-state index in [1.807, 2.05) is 31.2 Å². The van der Waals surface area contributed by atoms with E-state index in [0.29, 0.717) is 0 Å². The number of hydrogen-bond donors (Lipinski definition) is 1. The molecule has 4 amide bonds. The molecule has 2 heterocycles. The molecule has 7 nitrogen and oxygen atoms in total. The molecule has 1 aliphatic carbocycles. The second-order valence-electron chi connectivity index (χ2n) is 7.50. The van der Waals surface area contributed by atoms with Crippen LogP contribution in [-0.2, 0) is 9.59 Å². The third-order valence-electron chi connectivity index (χ3n) is 5.63. The van der Waals surface area contributed by atoms with Crippen molar-refractivity contribution in [2.24, 2.45) is 5.92 Å². The highest BCUT2D eigenvalue weighted by Crippen LogP contribution is 2.42. The van der Waals surface area contributed by atoms with Crippen LogP contribution in [0.2, 0.25) is 0 Å². The van der Waals surface area contributed by atoms with Gasteiger partial charge < -0.3 is 10.2 Å². The van der Waals surface area contributed by atoms with Gasteiger partial charge in [-0.3, -0.25) is 14.5 Å². The van der Waals surface area contributed by atoms with Crippen molar-refractivity contribution >= 4 is 39.4 Å². The summed E-state index contributed by atoms with van der Waals surface area (Å²) in [4.78, 5) is 44.9. The van der Waals surface area contributed by atoms with E-state index in [2.05, 4.69) is 10.3 Å². The van der Waals surface area contributed by atoms with Crippen molar-refractivity contribution in [2.45, 2.75) is 38.3 Å². The van der Waals surface area contributed by atoms with Gasteiger partial charge in [0.15, 0.2) is 0 Å². The maximum absolute atomic E-state index is 12.7. The fraction of sp³-hybridized carbons (Fsp3) is 0.474. The summed E-state index contributed by atoms with van der Waals surface area (Å²) in [6.07, 6.45) is 1.86. The molecule has 1 aromatic heterocycles. The van der Waals surface area contributed by atoms with E-state index in [9.17, 15) is 14.4 Å². The van der Waals surface area contributed by atoms with Gasteiger partial charge in [0.2, 0.25) is 5.91 Å². The van der Waals surface area contributed by atoms with Gasteiger partial charge in [-0.05, 0) is 44.7 Å². The molecule has 2 aliphatic rings. The summed E-state index contributed by atoms with van der Waals surface area (Å²) >= 11 is 1.54. The highest BCUT2D eigenvalue weighted by Gasteiger charge is 2.56. The number of benzene rings is 1. The average Bonchev–Trinajstić information content (AvgIpc) is 3.38. The van der Waals surface area contributed by atoms with Gasteiger partial charge in [-0.15, -0.1) is 11.3 Å². The van der Waals surface area contributed by atoms with Crippen molar-refractivity contribution in [3.8, 4) is 0 Å². The van der Waals surface area contributed by atoms with E-state index >= 15 is 0 Å². The summed E-state index contributed by atoms with van der Waals surface area (Å²) in [5.41, 5.74) is 0.0358. The molecule has 27 heavy (non-hydrogen) atoms. The molecule has 1 saturated carbocycles. The van der Waals surface area contributed by atoms with E-state index in [1.165, 1.54) is 0 Å². The van der Waals surface area contributed by atoms with Crippen molar-refractivity contribution in [1.29, 1.82) is 0 Å². The molecule has 2 aromatic rings. The number of carbonyl (C=O) groups is 3. The number of amides is 4. The van der Waals surface area contributed by atoms with Crippen LogP contribution < -0.4 is 5.32 Å². The van der Waals surface area contributed by atoms with Crippen LogP contribution in [-0.4, -0.2) is 51.8 Å². The number of urea groups is 1. The third kappa shape index (κ3) is 2.97. The Morgan fingerprint density at radius 2 is 2.11 bits per heavy atom. The molecule has 2 atom stereocenters. The molecule has 1 aliphatic heterocycles. The van der Waals surface area contributed by atoms with Gasteiger partial charge >= 0.3 is 6.03 Å². The fourth-order valence-electron chi connectivity index (χ4n) is 3.49. The SMILES string of the molecule is C[C@H](c1nc2ccccc2s1)N(C)C(=O)CN1C(=O)N[C@](C)(C2CC2)C1=O. The first-order chi connectivity index (χ1) is 12.8. The van der Waals surface area contributed by atoms with Crippen LogP contribution in [0.15, 0.2) is 24.3 Å². The summed E-state index contributed by atoms with van der Waals surface area (Å²) < 4.78 is 1.06. The van der Waals surface area contributed by atoms with E-state index in [0.717, 1.165) is 33.0 Å². The number of hydrogen-bond acceptors (Lipinski definition) is 5. The Morgan fingerprint density at radius 3 is 2.78 bits per heavy atom. The largest absolute Gasteiger partial charge is 0.335 e. The number of thiazole rings is 1. The normalized spacial score (nSPS) is 23.6. The molecule has 0 unspecified atom stereocenters. The van der Waals surface area contributed by atoms with Gasteiger partial charge in [-0.25, -0.2) is 9.78 Å². The van der Waals surface area contributed by atoms with Gasteiger partial charge in [0.05, 0.1) is 16.3 Å². The topological polar surface area (TPSA) is 82.6 Å². The Bertz CT molecular complexity index is 905. The minimum absolute atomic E-state index is 0.174. The number of carbonyl (C=O) groups excluding carboxylic acids is 3. The second-order valence-corrected chi connectivity index (χ2v) is 8.56. The molecule has 4 rings (SSSR count). The minimum atomic E-state index is -0.866. The van der Waals surface area contributed by atoms with Crippen molar-refractivity contribution in [2.75, 3.05) is 13.6 Å². The van der Waals surface area contributed by atoms with Crippen LogP contribution in [0.1, 0.15) is 37.7 Å². The van der Waals surface area contributed by atoms with Crippen LogP contribution in [0, 0.1) is 5.92 Å². The van der Waals surface area contributed by atoms with Crippen LogP contribution in [0.5, 0.6) is 0 Å². The van der Waals surface area contributed by atoms with E-state index in [4.69, 9.17) is 0 Å². The van der Waals surface area contributed by atoms with E-state index < -0.39 is 11.6 Å². The first-order valence-corrected chi connectivity index (χ1v) is 9.88. The van der Waals surface area contributed by atoms with E-state index in [-0.39, 0.29) is 30.3 Å². The number of fused-ring (bicyclic) bond motifs is 1. The van der Waals surface area contributed by atoms with Gasteiger partial charge in [0, 0.05) is 7.05 Å². The Labute approximate surface area is 161 Å². The lowest BCUT2D eigenvalue weighted by atomic mass is 9.96. The molecular weight excluding hydrogens is 364 g/mol. The number of rotatable bonds is 5. The summed E-state index contributed by atoms with van der Waals surface area (Å²) in [7, 11) is 1.68. The molecule has 142 valence electrons. The monoisotopic (exact) mass is 386 g/mol. The standard InChI is InChI=1S/C19H22N4O3S/c1-11(16-20-13-6-4-5-7-14(13)27-16)22(3)15(24)10-23-17(25)19(2,12-8-9-12)21-18(23)26/h4-7,11-12H,8-10H2,1-3H3,(H,21,26)/t11-,19-/m1/s1. The predicted molar refractivity (Wildman–Crippen MR) is 102 cm³/mol. The summed E-state index contributed by atoms with van der Waals surface area (Å²) in [6.45, 7) is 3.40. The molecule has 0 radical (unpaired) electrons. The molecule has 1 N–H and O–H groups in total. The maximum Gasteiger partial charge on any atom is 0.325 e. The summed E-state index contributed by atoms with van der Waals surface area (Å²) in [5, 5.41) is 3.60. The molecule has 1 aromatic carbocycles. The van der Waals surface area contributed by atoms with Gasteiger partial charge in [-0.2, -0.15) is 0 Å². The first-order valence-electron chi connectivity index (χ1n) is 9.06. The van der Waals surface area contributed by atoms with Crippen molar-refractivity contribution in [1.82, 2.24) is 20.1 Å². The number of para-hydroxylation sites is 1. The van der Waals surface area contributed by atoms with E-state index in [1.54, 1.807) is 30.2 Å². The van der Waals surface area contributed by atoms with Gasteiger partial charge in [0.1, 0.15) is 17.1 Å². The molecule has 8 heteroatoms. The second kappa shape index (κ2) is 6.30. The zero-order chi connectivity index (χ0) is 19.3. The maximum atomic E-state index is 12.7. The Kier molecular flexibility index (Phi) is 4.18. The van der Waals surface area contributed by atoms with Crippen LogP contribution >= 0.6 is 11.3 Å². The third-order valence-corrected chi connectivity index (χ3v) is 6.84.